The van der Waals surface area contributed by atoms with E-state index in [0.717, 1.165) is 11.4 Å². The van der Waals surface area contributed by atoms with Crippen molar-refractivity contribution < 1.29 is 23.9 Å². The number of hydrogen-bond donors (Lipinski definition) is 2. The van der Waals surface area contributed by atoms with E-state index >= 15 is 0 Å². The standard InChI is InChI=1S/C21H23N3O5/c1-28-20(26)13-18-21(27)22-11-12-24(18)19(25)14-29-17-9-7-16(8-10-17)23-15-5-3-2-4-6-15/h2-10,18,23H,11-14H2,1H3,(H,22,27)/t18-/m0/s1. The van der Waals surface area contributed by atoms with Gasteiger partial charge in [0.25, 0.3) is 5.91 Å². The number of para-hydroxylation sites is 1. The van der Waals surface area contributed by atoms with Crippen molar-refractivity contribution in [3.05, 3.63) is 54.6 Å². The van der Waals surface area contributed by atoms with E-state index in [-0.39, 0.29) is 24.8 Å². The van der Waals surface area contributed by atoms with Crippen LogP contribution in [0.3, 0.4) is 0 Å². The summed E-state index contributed by atoms with van der Waals surface area (Å²) in [5.74, 6) is -0.748. The van der Waals surface area contributed by atoms with E-state index < -0.39 is 12.0 Å². The van der Waals surface area contributed by atoms with Gasteiger partial charge < -0.3 is 25.0 Å². The van der Waals surface area contributed by atoms with Crippen LogP contribution < -0.4 is 15.4 Å². The highest BCUT2D eigenvalue weighted by Crippen LogP contribution is 2.20. The van der Waals surface area contributed by atoms with Crippen LogP contribution in [-0.2, 0) is 19.1 Å². The average Bonchev–Trinajstić information content (AvgIpc) is 2.75. The molecule has 1 atom stereocenters. The lowest BCUT2D eigenvalue weighted by Crippen LogP contribution is -2.58. The Morgan fingerprint density at radius 1 is 1.10 bits per heavy atom. The molecule has 1 saturated heterocycles. The Labute approximate surface area is 168 Å². The first-order valence-electron chi connectivity index (χ1n) is 9.26. The van der Waals surface area contributed by atoms with E-state index in [9.17, 15) is 14.4 Å². The third kappa shape index (κ3) is 5.47. The number of hydrogen-bond acceptors (Lipinski definition) is 6. The van der Waals surface area contributed by atoms with Gasteiger partial charge >= 0.3 is 5.97 Å². The summed E-state index contributed by atoms with van der Waals surface area (Å²) in [6.07, 6.45) is -0.187. The van der Waals surface area contributed by atoms with Crippen LogP contribution in [0.4, 0.5) is 11.4 Å². The fourth-order valence-corrected chi connectivity index (χ4v) is 3.01. The molecule has 3 rings (SSSR count). The second-order valence-corrected chi connectivity index (χ2v) is 6.48. The van der Waals surface area contributed by atoms with Crippen LogP contribution in [0.15, 0.2) is 54.6 Å². The van der Waals surface area contributed by atoms with E-state index in [1.807, 2.05) is 42.5 Å². The number of rotatable bonds is 7. The normalized spacial score (nSPS) is 16.0. The van der Waals surface area contributed by atoms with Gasteiger partial charge in [-0.2, -0.15) is 0 Å². The Balaban J connectivity index is 1.56. The Kier molecular flexibility index (Phi) is 6.67. The van der Waals surface area contributed by atoms with E-state index in [1.165, 1.54) is 12.0 Å². The maximum Gasteiger partial charge on any atom is 0.308 e. The van der Waals surface area contributed by atoms with Crippen LogP contribution in [0.25, 0.3) is 0 Å². The first kappa shape index (κ1) is 20.2. The molecule has 0 aliphatic carbocycles. The quantitative estimate of drug-likeness (QED) is 0.691. The van der Waals surface area contributed by atoms with Gasteiger partial charge in [-0.3, -0.25) is 14.4 Å². The van der Waals surface area contributed by atoms with Gasteiger partial charge in [0.1, 0.15) is 11.8 Å². The van der Waals surface area contributed by atoms with Crippen LogP contribution in [-0.4, -0.2) is 55.5 Å². The lowest BCUT2D eigenvalue weighted by atomic mass is 10.1. The zero-order chi connectivity index (χ0) is 20.6. The number of benzene rings is 2. The van der Waals surface area contributed by atoms with Crippen molar-refractivity contribution in [2.24, 2.45) is 0 Å². The fourth-order valence-electron chi connectivity index (χ4n) is 3.01. The fraction of sp³-hybridized carbons (Fsp3) is 0.286. The van der Waals surface area contributed by atoms with E-state index in [0.29, 0.717) is 18.8 Å². The van der Waals surface area contributed by atoms with Gasteiger partial charge in [0.05, 0.1) is 13.5 Å². The number of amides is 2. The summed E-state index contributed by atoms with van der Waals surface area (Å²) in [6, 6.07) is 16.1. The first-order chi connectivity index (χ1) is 14.1. The van der Waals surface area contributed by atoms with Gasteiger partial charge in [0, 0.05) is 24.5 Å². The number of nitrogens with one attached hydrogen (secondary N) is 2. The van der Waals surface area contributed by atoms with E-state index in [2.05, 4.69) is 15.4 Å². The number of methoxy groups -OCH3 is 1. The molecule has 8 heteroatoms. The lowest BCUT2D eigenvalue weighted by Gasteiger charge is -2.34. The van der Waals surface area contributed by atoms with E-state index in [1.54, 1.807) is 12.1 Å². The number of anilines is 2. The summed E-state index contributed by atoms with van der Waals surface area (Å²) in [7, 11) is 1.24. The molecule has 2 aromatic rings. The molecule has 8 nitrogen and oxygen atoms in total. The Morgan fingerprint density at radius 2 is 1.79 bits per heavy atom. The third-order valence-corrected chi connectivity index (χ3v) is 4.52. The molecule has 1 aliphatic heterocycles. The molecule has 0 unspecified atom stereocenters. The average molecular weight is 397 g/mol. The van der Waals surface area contributed by atoms with Gasteiger partial charge in [-0.15, -0.1) is 0 Å². The molecule has 29 heavy (non-hydrogen) atoms. The van der Waals surface area contributed by atoms with Crippen LogP contribution in [0.1, 0.15) is 6.42 Å². The molecule has 0 radical (unpaired) electrons. The molecule has 0 saturated carbocycles. The largest absolute Gasteiger partial charge is 0.484 e. The predicted molar refractivity (Wildman–Crippen MR) is 107 cm³/mol. The number of nitrogens with zero attached hydrogens (tertiary/aromatic N) is 1. The maximum absolute atomic E-state index is 12.6. The smallest absolute Gasteiger partial charge is 0.308 e. The Hall–Kier alpha value is -3.55. The monoisotopic (exact) mass is 397 g/mol. The summed E-state index contributed by atoms with van der Waals surface area (Å²) in [5.41, 5.74) is 1.86. The number of carbonyl (C=O) groups is 3. The molecular formula is C21H23N3O5. The van der Waals surface area contributed by atoms with Crippen molar-refractivity contribution in [2.75, 3.05) is 32.1 Å². The molecule has 2 N–H and O–H groups in total. The molecule has 152 valence electrons. The minimum atomic E-state index is -0.884. The van der Waals surface area contributed by atoms with Gasteiger partial charge in [-0.25, -0.2) is 0 Å². The van der Waals surface area contributed by atoms with Crippen LogP contribution in [0, 0.1) is 0 Å². The number of carbonyl (C=O) groups excluding carboxylic acids is 3. The summed E-state index contributed by atoms with van der Waals surface area (Å²) >= 11 is 0. The topological polar surface area (TPSA) is 97.0 Å². The van der Waals surface area contributed by atoms with Crippen molar-refractivity contribution >= 4 is 29.2 Å². The van der Waals surface area contributed by atoms with Gasteiger partial charge in [0.15, 0.2) is 6.61 Å². The zero-order valence-corrected chi connectivity index (χ0v) is 16.1. The highest BCUT2D eigenvalue weighted by molar-refractivity contribution is 5.92. The molecule has 1 aliphatic rings. The molecule has 1 heterocycles. The molecule has 0 spiro atoms. The first-order valence-corrected chi connectivity index (χ1v) is 9.26. The number of ether oxygens (including phenoxy) is 2. The predicted octanol–water partition coefficient (Wildman–Crippen LogP) is 1.70. The molecular weight excluding hydrogens is 374 g/mol. The number of esters is 1. The highest BCUT2D eigenvalue weighted by Gasteiger charge is 2.35. The minimum absolute atomic E-state index is 0.187. The summed E-state index contributed by atoms with van der Waals surface area (Å²) < 4.78 is 10.2. The van der Waals surface area contributed by atoms with Crippen molar-refractivity contribution in [3.63, 3.8) is 0 Å². The minimum Gasteiger partial charge on any atom is -0.484 e. The van der Waals surface area contributed by atoms with Crippen molar-refractivity contribution in [1.82, 2.24) is 10.2 Å². The van der Waals surface area contributed by atoms with Crippen LogP contribution in [0.5, 0.6) is 5.75 Å². The molecule has 1 fully saturated rings. The maximum atomic E-state index is 12.6. The molecule has 0 bridgehead atoms. The lowest BCUT2D eigenvalue weighted by molar-refractivity contribution is -0.151. The third-order valence-electron chi connectivity index (χ3n) is 4.52. The second-order valence-electron chi connectivity index (χ2n) is 6.48. The van der Waals surface area contributed by atoms with Gasteiger partial charge in [-0.05, 0) is 36.4 Å². The SMILES string of the molecule is COC(=O)C[C@H]1C(=O)NCCN1C(=O)COc1ccc(Nc2ccccc2)cc1. The summed E-state index contributed by atoms with van der Waals surface area (Å²) in [6.45, 7) is 0.425. The van der Waals surface area contributed by atoms with E-state index in [4.69, 9.17) is 4.74 Å². The van der Waals surface area contributed by atoms with Gasteiger partial charge in [0.2, 0.25) is 5.91 Å². The van der Waals surface area contributed by atoms with Gasteiger partial charge in [-0.1, -0.05) is 18.2 Å². The zero-order valence-electron chi connectivity index (χ0n) is 16.1. The van der Waals surface area contributed by atoms with Crippen molar-refractivity contribution in [3.8, 4) is 5.75 Å². The highest BCUT2D eigenvalue weighted by atomic mass is 16.5. The molecule has 2 aromatic carbocycles. The summed E-state index contributed by atoms with van der Waals surface area (Å²) in [5, 5.41) is 5.92. The molecule has 0 aromatic heterocycles. The Bertz CT molecular complexity index is 854. The molecule has 2 amide bonds. The Morgan fingerprint density at radius 3 is 2.48 bits per heavy atom. The van der Waals surface area contributed by atoms with Crippen LogP contribution >= 0.6 is 0 Å². The van der Waals surface area contributed by atoms with Crippen LogP contribution in [0.2, 0.25) is 0 Å². The summed E-state index contributed by atoms with van der Waals surface area (Å²) in [4.78, 5) is 37.5. The van der Waals surface area contributed by atoms with Crippen molar-refractivity contribution in [2.45, 2.75) is 12.5 Å². The van der Waals surface area contributed by atoms with Crippen molar-refractivity contribution in [1.29, 1.82) is 0 Å². The second kappa shape index (κ2) is 9.59. The number of piperazine rings is 1.